The number of hydrogen-bond acceptors (Lipinski definition) is 5. The molecule has 37 heavy (non-hydrogen) atoms. The summed E-state index contributed by atoms with van der Waals surface area (Å²) in [6.07, 6.45) is 0.838. The molecule has 0 spiro atoms. The summed E-state index contributed by atoms with van der Waals surface area (Å²) in [4.78, 5) is 41.1. The predicted molar refractivity (Wildman–Crippen MR) is 147 cm³/mol. The lowest BCUT2D eigenvalue weighted by Gasteiger charge is -2.30. The number of hydrogen-bond donors (Lipinski definition) is 1. The third-order valence-electron chi connectivity index (χ3n) is 7.01. The number of anilines is 1. The Bertz CT molecular complexity index is 1240. The quantitative estimate of drug-likeness (QED) is 0.555. The predicted octanol–water partition coefficient (Wildman–Crippen LogP) is 4.42. The molecule has 2 aromatic carbocycles. The summed E-state index contributed by atoms with van der Waals surface area (Å²) in [5.74, 6) is 1.08. The van der Waals surface area contributed by atoms with Gasteiger partial charge in [-0.05, 0) is 50.1 Å². The molecule has 8 heteroatoms. The van der Waals surface area contributed by atoms with Gasteiger partial charge in [-0.25, -0.2) is 4.98 Å². The molecule has 3 aromatic rings. The molecule has 0 saturated carbocycles. The van der Waals surface area contributed by atoms with Crippen LogP contribution in [-0.2, 0) is 16.1 Å². The topological polar surface area (TPSA) is 81.8 Å². The molecule has 0 fully saturated rings. The number of amides is 2. The zero-order chi connectivity index (χ0) is 26.5. The molecule has 1 N–H and O–H groups in total. The van der Waals surface area contributed by atoms with E-state index in [2.05, 4.69) is 42.6 Å². The molecule has 1 aromatic heterocycles. The van der Waals surface area contributed by atoms with Gasteiger partial charge >= 0.3 is 0 Å². The van der Waals surface area contributed by atoms with Crippen molar-refractivity contribution < 1.29 is 14.3 Å². The molecule has 0 aliphatic carbocycles. The molecule has 2 heterocycles. The summed E-state index contributed by atoms with van der Waals surface area (Å²) in [5, 5.41) is 0. The molecule has 198 valence electrons. The second-order valence-corrected chi connectivity index (χ2v) is 10.3. The monoisotopic (exact) mass is 505 g/mol. The van der Waals surface area contributed by atoms with Crippen molar-refractivity contribution in [2.75, 3.05) is 44.8 Å². The molecule has 1 aliphatic rings. The number of aromatic amines is 1. The van der Waals surface area contributed by atoms with Crippen molar-refractivity contribution in [2.24, 2.45) is 0 Å². The van der Waals surface area contributed by atoms with Crippen LogP contribution in [0.15, 0.2) is 42.5 Å². The van der Waals surface area contributed by atoms with E-state index in [1.165, 1.54) is 7.11 Å². The fraction of sp³-hybridized carbons (Fsp3) is 0.483. The maximum atomic E-state index is 13.9. The molecule has 0 saturated heterocycles. The van der Waals surface area contributed by atoms with Gasteiger partial charge in [0, 0.05) is 63.0 Å². The van der Waals surface area contributed by atoms with E-state index in [-0.39, 0.29) is 24.3 Å². The maximum Gasteiger partial charge on any atom is 0.254 e. The van der Waals surface area contributed by atoms with E-state index in [1.54, 1.807) is 0 Å². The Balaban J connectivity index is 1.70. The van der Waals surface area contributed by atoms with Crippen LogP contribution in [0.2, 0.25) is 0 Å². The van der Waals surface area contributed by atoms with Crippen molar-refractivity contribution in [3.8, 4) is 0 Å². The van der Waals surface area contributed by atoms with Crippen molar-refractivity contribution in [2.45, 2.75) is 52.6 Å². The van der Waals surface area contributed by atoms with Crippen LogP contribution >= 0.6 is 0 Å². The average molecular weight is 506 g/mol. The van der Waals surface area contributed by atoms with Crippen LogP contribution in [0.1, 0.15) is 61.8 Å². The lowest BCUT2D eigenvalue weighted by molar-refractivity contribution is -0.122. The van der Waals surface area contributed by atoms with Gasteiger partial charge in [0.2, 0.25) is 0 Å². The first-order valence-corrected chi connectivity index (χ1v) is 13.2. The number of H-pyrrole nitrogens is 1. The molecule has 0 unspecified atom stereocenters. The lowest BCUT2D eigenvalue weighted by atomic mass is 10.1. The third kappa shape index (κ3) is 6.19. The molecule has 1 aliphatic heterocycles. The number of ether oxygens (including phenoxy) is 1. The second-order valence-electron chi connectivity index (χ2n) is 10.3. The smallest absolute Gasteiger partial charge is 0.254 e. The third-order valence-corrected chi connectivity index (χ3v) is 7.01. The molecular formula is C29H39N5O3. The van der Waals surface area contributed by atoms with Crippen molar-refractivity contribution in [3.63, 3.8) is 0 Å². The number of carbonyl (C=O) groups is 2. The number of nitrogens with zero attached hydrogens (tertiary/aromatic N) is 4. The normalized spacial score (nSPS) is 15.8. The van der Waals surface area contributed by atoms with Gasteiger partial charge in [0.15, 0.2) is 0 Å². The van der Waals surface area contributed by atoms with E-state index in [0.717, 1.165) is 47.6 Å². The van der Waals surface area contributed by atoms with Crippen molar-refractivity contribution in [1.82, 2.24) is 19.8 Å². The zero-order valence-corrected chi connectivity index (χ0v) is 22.7. The van der Waals surface area contributed by atoms with Crippen molar-refractivity contribution >= 4 is 28.5 Å². The Morgan fingerprint density at radius 1 is 1.03 bits per heavy atom. The number of rotatable bonds is 5. The molecule has 8 nitrogen and oxygen atoms in total. The second kappa shape index (κ2) is 11.9. The summed E-state index contributed by atoms with van der Waals surface area (Å²) in [6.45, 7) is 11.8. The Morgan fingerprint density at radius 2 is 1.81 bits per heavy atom. The Morgan fingerprint density at radius 3 is 2.54 bits per heavy atom. The zero-order valence-electron chi connectivity index (χ0n) is 22.7. The number of aromatic nitrogens is 2. The van der Waals surface area contributed by atoms with Crippen LogP contribution in [0.3, 0.4) is 0 Å². The number of carbonyl (C=O) groups excluding carboxylic acids is 2. The van der Waals surface area contributed by atoms with E-state index < -0.39 is 0 Å². The van der Waals surface area contributed by atoms with E-state index in [0.29, 0.717) is 31.2 Å². The van der Waals surface area contributed by atoms with E-state index >= 15 is 0 Å². The highest BCUT2D eigenvalue weighted by Crippen LogP contribution is 2.25. The van der Waals surface area contributed by atoms with Crippen molar-refractivity contribution in [3.05, 3.63) is 59.4 Å². The van der Waals surface area contributed by atoms with Gasteiger partial charge in [0.05, 0.1) is 11.0 Å². The summed E-state index contributed by atoms with van der Waals surface area (Å²) < 4.78 is 5.18. The maximum absolute atomic E-state index is 13.9. The molecule has 0 radical (unpaired) electrons. The number of fused-ring (bicyclic) bond motifs is 2. The summed E-state index contributed by atoms with van der Waals surface area (Å²) in [6, 6.07) is 13.9. The van der Waals surface area contributed by atoms with E-state index in [1.807, 2.05) is 52.3 Å². The van der Waals surface area contributed by atoms with Crippen LogP contribution in [0.5, 0.6) is 0 Å². The number of para-hydroxylation sites is 1. The average Bonchev–Trinajstić information content (AvgIpc) is 3.30. The molecule has 0 atom stereocenters. The SMILES string of the molecule is COCC(=O)N1CCCN(C(C)C)CCN(C(=O)c2ccc3nc(C(C)C)[nH]c3c2)Cc2ccccc21. The van der Waals surface area contributed by atoms with Gasteiger partial charge in [-0.3, -0.25) is 14.5 Å². The highest BCUT2D eigenvalue weighted by molar-refractivity contribution is 5.98. The Hall–Kier alpha value is -3.23. The largest absolute Gasteiger partial charge is 0.375 e. The summed E-state index contributed by atoms with van der Waals surface area (Å²) in [7, 11) is 1.54. The first kappa shape index (κ1) is 26.8. The van der Waals surface area contributed by atoms with Gasteiger partial charge in [-0.1, -0.05) is 32.0 Å². The number of methoxy groups -OCH3 is 1. The fourth-order valence-electron chi connectivity index (χ4n) is 4.87. The Kier molecular flexibility index (Phi) is 8.61. The lowest BCUT2D eigenvalue weighted by Crippen LogP contribution is -2.41. The standard InChI is InChI=1S/C29H39N5O3/c1-20(2)28-30-24-12-11-22(17-25(24)31-28)29(36)33-16-15-32(21(3)4)13-8-14-34(27(35)19-37-5)26-10-7-6-9-23(26)18-33/h6-7,9-12,17,20-21H,8,13-16,18-19H2,1-5H3,(H,30,31). The van der Waals surface area contributed by atoms with Gasteiger partial charge in [0.25, 0.3) is 11.8 Å². The first-order valence-electron chi connectivity index (χ1n) is 13.2. The van der Waals surface area contributed by atoms with Crippen LogP contribution in [0.25, 0.3) is 11.0 Å². The van der Waals surface area contributed by atoms with Crippen molar-refractivity contribution in [1.29, 1.82) is 0 Å². The van der Waals surface area contributed by atoms with Crippen LogP contribution in [0.4, 0.5) is 5.69 Å². The van der Waals surface area contributed by atoms with E-state index in [4.69, 9.17) is 4.74 Å². The number of benzene rings is 2. The van der Waals surface area contributed by atoms with Gasteiger partial charge in [-0.15, -0.1) is 0 Å². The highest BCUT2D eigenvalue weighted by atomic mass is 16.5. The van der Waals surface area contributed by atoms with Gasteiger partial charge in [-0.2, -0.15) is 0 Å². The number of imidazole rings is 1. The fourth-order valence-corrected chi connectivity index (χ4v) is 4.87. The molecule has 4 rings (SSSR count). The van der Waals surface area contributed by atoms with Crippen LogP contribution in [-0.4, -0.2) is 77.5 Å². The first-order chi connectivity index (χ1) is 17.8. The number of nitrogens with one attached hydrogen (secondary N) is 1. The Labute approximate surface area is 219 Å². The molecule has 2 amide bonds. The van der Waals surface area contributed by atoms with E-state index in [9.17, 15) is 9.59 Å². The van der Waals surface area contributed by atoms with Crippen LogP contribution < -0.4 is 4.90 Å². The summed E-state index contributed by atoms with van der Waals surface area (Å²) in [5.41, 5.74) is 4.14. The van der Waals surface area contributed by atoms with Gasteiger partial charge in [0.1, 0.15) is 12.4 Å². The molecular weight excluding hydrogens is 466 g/mol. The summed E-state index contributed by atoms with van der Waals surface area (Å²) >= 11 is 0. The minimum absolute atomic E-state index is 0.0213. The highest BCUT2D eigenvalue weighted by Gasteiger charge is 2.25. The minimum Gasteiger partial charge on any atom is -0.375 e. The van der Waals surface area contributed by atoms with Crippen LogP contribution in [0, 0.1) is 0 Å². The van der Waals surface area contributed by atoms with Gasteiger partial charge < -0.3 is 19.5 Å². The minimum atomic E-state index is -0.0752. The molecule has 0 bridgehead atoms.